The van der Waals surface area contributed by atoms with Crippen LogP contribution in [0.3, 0.4) is 0 Å². The molecule has 0 saturated carbocycles. The van der Waals surface area contributed by atoms with Crippen LogP contribution in [-0.2, 0) is 4.79 Å². The van der Waals surface area contributed by atoms with Crippen molar-refractivity contribution in [2.24, 2.45) is 0 Å². The molecule has 1 unspecified atom stereocenters. The maximum Gasteiger partial charge on any atom is 0.255 e. The molecule has 0 aliphatic carbocycles. The van der Waals surface area contributed by atoms with Crippen LogP contribution in [0.15, 0.2) is 54.6 Å². The Kier molecular flexibility index (Phi) is 7.06. The summed E-state index contributed by atoms with van der Waals surface area (Å²) in [5, 5.41) is 3.53. The van der Waals surface area contributed by atoms with Crippen molar-refractivity contribution in [2.75, 3.05) is 32.7 Å². The van der Waals surface area contributed by atoms with Crippen molar-refractivity contribution in [3.8, 4) is 0 Å². The summed E-state index contributed by atoms with van der Waals surface area (Å²) in [5.74, 6) is 0.0191. The van der Waals surface area contributed by atoms with Crippen molar-refractivity contribution < 1.29 is 9.59 Å². The van der Waals surface area contributed by atoms with E-state index >= 15 is 0 Å². The highest BCUT2D eigenvalue weighted by Gasteiger charge is 2.23. The SMILES string of the molecule is CC(NC(=O)CCN1CCN(C(=O)c2ccccc2Cl)CC1)c1ccccc1. The molecule has 1 N–H and O–H groups in total. The molecule has 28 heavy (non-hydrogen) atoms. The molecule has 2 aromatic carbocycles. The molecular formula is C22H26ClN3O2. The molecular weight excluding hydrogens is 374 g/mol. The molecule has 2 amide bonds. The number of nitrogens with zero attached hydrogens (tertiary/aromatic N) is 2. The molecule has 0 spiro atoms. The van der Waals surface area contributed by atoms with Gasteiger partial charge in [0.05, 0.1) is 16.6 Å². The van der Waals surface area contributed by atoms with Crippen molar-refractivity contribution in [1.29, 1.82) is 0 Å². The Morgan fingerprint density at radius 2 is 1.64 bits per heavy atom. The van der Waals surface area contributed by atoms with E-state index in [9.17, 15) is 9.59 Å². The molecule has 1 saturated heterocycles. The number of hydrogen-bond acceptors (Lipinski definition) is 3. The third kappa shape index (κ3) is 5.33. The third-order valence-electron chi connectivity index (χ3n) is 5.10. The van der Waals surface area contributed by atoms with Gasteiger partial charge in [0.1, 0.15) is 0 Å². The summed E-state index contributed by atoms with van der Waals surface area (Å²) < 4.78 is 0. The molecule has 3 rings (SSSR count). The molecule has 2 aromatic rings. The van der Waals surface area contributed by atoms with E-state index in [1.165, 1.54) is 0 Å². The van der Waals surface area contributed by atoms with Crippen molar-refractivity contribution in [3.63, 3.8) is 0 Å². The smallest absolute Gasteiger partial charge is 0.255 e. The lowest BCUT2D eigenvalue weighted by molar-refractivity contribution is -0.122. The minimum absolute atomic E-state index is 0.00112. The first-order chi connectivity index (χ1) is 13.5. The molecule has 1 atom stereocenters. The average molecular weight is 400 g/mol. The fourth-order valence-electron chi connectivity index (χ4n) is 3.38. The van der Waals surface area contributed by atoms with Gasteiger partial charge < -0.3 is 10.2 Å². The second-order valence-corrected chi connectivity index (χ2v) is 7.47. The van der Waals surface area contributed by atoms with Gasteiger partial charge in [-0.05, 0) is 24.6 Å². The molecule has 1 aliphatic heterocycles. The van der Waals surface area contributed by atoms with Gasteiger partial charge >= 0.3 is 0 Å². The minimum atomic E-state index is -0.0281. The maximum atomic E-state index is 12.6. The van der Waals surface area contributed by atoms with E-state index in [0.717, 1.165) is 18.7 Å². The van der Waals surface area contributed by atoms with E-state index < -0.39 is 0 Å². The molecule has 1 aliphatic rings. The fraction of sp³-hybridized carbons (Fsp3) is 0.364. The van der Waals surface area contributed by atoms with Crippen molar-refractivity contribution in [2.45, 2.75) is 19.4 Å². The Morgan fingerprint density at radius 3 is 2.32 bits per heavy atom. The predicted molar refractivity (Wildman–Crippen MR) is 111 cm³/mol. The second-order valence-electron chi connectivity index (χ2n) is 7.06. The Hall–Kier alpha value is -2.37. The normalized spacial score (nSPS) is 15.9. The Balaban J connectivity index is 1.41. The summed E-state index contributed by atoms with van der Waals surface area (Å²) in [6, 6.07) is 17.1. The highest BCUT2D eigenvalue weighted by atomic mass is 35.5. The zero-order chi connectivity index (χ0) is 19.9. The van der Waals surface area contributed by atoms with Crippen LogP contribution in [-0.4, -0.2) is 54.3 Å². The van der Waals surface area contributed by atoms with Gasteiger partial charge in [0.15, 0.2) is 0 Å². The van der Waals surface area contributed by atoms with Crippen LogP contribution in [0.25, 0.3) is 0 Å². The van der Waals surface area contributed by atoms with Crippen LogP contribution in [0.1, 0.15) is 35.3 Å². The number of nitrogens with one attached hydrogen (secondary N) is 1. The van der Waals surface area contributed by atoms with Crippen LogP contribution >= 0.6 is 11.6 Å². The summed E-state index contributed by atoms with van der Waals surface area (Å²) in [7, 11) is 0. The molecule has 6 heteroatoms. The molecule has 0 radical (unpaired) electrons. The molecule has 0 aromatic heterocycles. The van der Waals surface area contributed by atoms with Gasteiger partial charge in [-0.1, -0.05) is 54.1 Å². The first-order valence-electron chi connectivity index (χ1n) is 9.65. The summed E-state index contributed by atoms with van der Waals surface area (Å²) in [6.45, 7) is 5.50. The van der Waals surface area contributed by atoms with Crippen LogP contribution in [0.4, 0.5) is 0 Å². The van der Waals surface area contributed by atoms with Gasteiger partial charge in [0, 0.05) is 39.1 Å². The topological polar surface area (TPSA) is 52.7 Å². The van der Waals surface area contributed by atoms with Gasteiger partial charge in [-0.25, -0.2) is 0 Å². The lowest BCUT2D eigenvalue weighted by atomic mass is 10.1. The predicted octanol–water partition coefficient (Wildman–Crippen LogP) is 3.37. The third-order valence-corrected chi connectivity index (χ3v) is 5.43. The molecule has 148 valence electrons. The summed E-state index contributed by atoms with van der Waals surface area (Å²) in [6.07, 6.45) is 0.454. The first kappa shape index (κ1) is 20.4. The summed E-state index contributed by atoms with van der Waals surface area (Å²) in [4.78, 5) is 28.9. The van der Waals surface area contributed by atoms with Crippen LogP contribution < -0.4 is 5.32 Å². The lowest BCUT2D eigenvalue weighted by Gasteiger charge is -2.34. The highest BCUT2D eigenvalue weighted by molar-refractivity contribution is 6.33. The Labute approximate surface area is 171 Å². The summed E-state index contributed by atoms with van der Waals surface area (Å²) >= 11 is 6.13. The molecule has 5 nitrogen and oxygen atoms in total. The second kappa shape index (κ2) is 9.71. The van der Waals surface area contributed by atoms with E-state index in [-0.39, 0.29) is 17.9 Å². The zero-order valence-corrected chi connectivity index (χ0v) is 16.9. The molecule has 0 bridgehead atoms. The van der Waals surface area contributed by atoms with E-state index in [0.29, 0.717) is 36.6 Å². The average Bonchev–Trinajstić information content (AvgIpc) is 2.73. The van der Waals surface area contributed by atoms with Crippen molar-refractivity contribution in [1.82, 2.24) is 15.1 Å². The van der Waals surface area contributed by atoms with Gasteiger partial charge in [0.25, 0.3) is 5.91 Å². The van der Waals surface area contributed by atoms with E-state index in [1.807, 2.05) is 54.3 Å². The quantitative estimate of drug-likeness (QED) is 0.810. The molecule has 1 heterocycles. The van der Waals surface area contributed by atoms with Crippen LogP contribution in [0.5, 0.6) is 0 Å². The highest BCUT2D eigenvalue weighted by Crippen LogP contribution is 2.18. The number of hydrogen-bond donors (Lipinski definition) is 1. The van der Waals surface area contributed by atoms with E-state index in [4.69, 9.17) is 11.6 Å². The van der Waals surface area contributed by atoms with Gasteiger partial charge in [-0.3, -0.25) is 14.5 Å². The zero-order valence-electron chi connectivity index (χ0n) is 16.1. The van der Waals surface area contributed by atoms with Gasteiger partial charge in [-0.2, -0.15) is 0 Å². The fourth-order valence-corrected chi connectivity index (χ4v) is 3.59. The Bertz CT molecular complexity index is 804. The van der Waals surface area contributed by atoms with E-state index in [1.54, 1.807) is 12.1 Å². The van der Waals surface area contributed by atoms with Gasteiger partial charge in [-0.15, -0.1) is 0 Å². The van der Waals surface area contributed by atoms with Crippen molar-refractivity contribution >= 4 is 23.4 Å². The van der Waals surface area contributed by atoms with Gasteiger partial charge in [0.2, 0.25) is 5.91 Å². The largest absolute Gasteiger partial charge is 0.350 e. The number of rotatable bonds is 6. The standard InChI is InChI=1S/C22H26ClN3O2/c1-17(18-7-3-2-4-8-18)24-21(27)11-12-25-13-15-26(16-14-25)22(28)19-9-5-6-10-20(19)23/h2-10,17H,11-16H2,1H3,(H,24,27). The molecule has 1 fully saturated rings. The van der Waals surface area contributed by atoms with Crippen LogP contribution in [0.2, 0.25) is 5.02 Å². The maximum absolute atomic E-state index is 12.6. The minimum Gasteiger partial charge on any atom is -0.350 e. The Morgan fingerprint density at radius 1 is 1.00 bits per heavy atom. The monoisotopic (exact) mass is 399 g/mol. The van der Waals surface area contributed by atoms with Crippen LogP contribution in [0, 0.1) is 0 Å². The number of carbonyl (C=O) groups excluding carboxylic acids is 2. The first-order valence-corrected chi connectivity index (χ1v) is 10.0. The number of halogens is 1. The lowest BCUT2D eigenvalue weighted by Crippen LogP contribution is -2.49. The number of carbonyl (C=O) groups is 2. The van der Waals surface area contributed by atoms with E-state index in [2.05, 4.69) is 10.2 Å². The number of amides is 2. The van der Waals surface area contributed by atoms with Crippen molar-refractivity contribution in [3.05, 3.63) is 70.7 Å². The summed E-state index contributed by atoms with van der Waals surface area (Å²) in [5.41, 5.74) is 1.65. The number of piperazine rings is 1. The number of benzene rings is 2.